The molecule has 0 saturated heterocycles. The van der Waals surface area contributed by atoms with Crippen molar-refractivity contribution < 1.29 is 9.53 Å². The Hall–Kier alpha value is -1.06. The predicted octanol–water partition coefficient (Wildman–Crippen LogP) is 3.60. The predicted molar refractivity (Wildman–Crippen MR) is 80.1 cm³/mol. The summed E-state index contributed by atoms with van der Waals surface area (Å²) in [4.78, 5) is 13.8. The highest BCUT2D eigenvalue weighted by atomic mass is 35.5. The highest BCUT2D eigenvalue weighted by Crippen LogP contribution is 2.33. The summed E-state index contributed by atoms with van der Waals surface area (Å²) in [6, 6.07) is 3.81. The van der Waals surface area contributed by atoms with Crippen molar-refractivity contribution in [3.8, 4) is 0 Å². The largest absolute Gasteiger partial charge is 0.383 e. The second kappa shape index (κ2) is 6.92. The highest BCUT2D eigenvalue weighted by Gasteiger charge is 2.23. The fourth-order valence-corrected chi connectivity index (χ4v) is 2.69. The van der Waals surface area contributed by atoms with Crippen molar-refractivity contribution in [3.05, 3.63) is 28.3 Å². The number of benzene rings is 1. The summed E-state index contributed by atoms with van der Waals surface area (Å²) in [5, 5.41) is 0.707. The van der Waals surface area contributed by atoms with Crippen LogP contribution in [0.4, 0.5) is 5.69 Å². The molecular weight excluding hydrogens is 262 g/mol. The zero-order valence-corrected chi connectivity index (χ0v) is 13.0. The van der Waals surface area contributed by atoms with Gasteiger partial charge in [-0.25, -0.2) is 0 Å². The lowest BCUT2D eigenvalue weighted by molar-refractivity contribution is -0.117. The van der Waals surface area contributed by atoms with Gasteiger partial charge in [0.15, 0.2) is 0 Å². The zero-order valence-electron chi connectivity index (χ0n) is 12.3. The first-order valence-electron chi connectivity index (χ1n) is 6.50. The number of amides is 1. The molecule has 19 heavy (non-hydrogen) atoms. The van der Waals surface area contributed by atoms with Crippen LogP contribution in [0.2, 0.25) is 5.02 Å². The Kier molecular flexibility index (Phi) is 5.83. The fraction of sp³-hybridized carbons (Fsp3) is 0.533. The van der Waals surface area contributed by atoms with Crippen LogP contribution in [-0.2, 0) is 16.0 Å². The lowest BCUT2D eigenvalue weighted by Crippen LogP contribution is -2.41. The molecule has 0 spiro atoms. The van der Waals surface area contributed by atoms with Gasteiger partial charge in [-0.3, -0.25) is 4.79 Å². The van der Waals surface area contributed by atoms with Gasteiger partial charge < -0.3 is 9.64 Å². The van der Waals surface area contributed by atoms with Crippen molar-refractivity contribution >= 4 is 23.2 Å². The number of hydrogen-bond acceptors (Lipinski definition) is 2. The maximum absolute atomic E-state index is 12.0. The second-order valence-corrected chi connectivity index (χ2v) is 5.15. The Morgan fingerprint density at radius 2 is 2.11 bits per heavy atom. The summed E-state index contributed by atoms with van der Waals surface area (Å²) in [5.74, 6) is 0.00427. The Morgan fingerprint density at radius 3 is 2.58 bits per heavy atom. The molecule has 0 aliphatic rings. The molecule has 4 heteroatoms. The van der Waals surface area contributed by atoms with Crippen molar-refractivity contribution in [2.75, 3.05) is 18.6 Å². The van der Waals surface area contributed by atoms with Gasteiger partial charge in [0.1, 0.15) is 0 Å². The molecule has 1 rings (SSSR count). The molecule has 0 aromatic heterocycles. The summed E-state index contributed by atoms with van der Waals surface area (Å²) in [6.07, 6.45) is 0.791. The number of nitrogens with zero attached hydrogens (tertiary/aromatic N) is 1. The molecule has 106 valence electrons. The lowest BCUT2D eigenvalue weighted by atomic mass is 10.0. The van der Waals surface area contributed by atoms with Crippen LogP contribution in [-0.4, -0.2) is 25.7 Å². The van der Waals surface area contributed by atoms with Gasteiger partial charge in [-0.1, -0.05) is 24.6 Å². The van der Waals surface area contributed by atoms with Gasteiger partial charge in [-0.05, 0) is 37.5 Å². The Bertz CT molecular complexity index is 460. The normalized spacial score (nSPS) is 12.3. The SMILES string of the molecule is CCc1c(Cl)ccc(C)c1N(C(C)=O)C(C)COC. The Balaban J connectivity index is 3.37. The summed E-state index contributed by atoms with van der Waals surface area (Å²) < 4.78 is 5.17. The van der Waals surface area contributed by atoms with E-state index in [2.05, 4.69) is 0 Å². The molecule has 0 radical (unpaired) electrons. The number of aryl methyl sites for hydroxylation is 1. The van der Waals surface area contributed by atoms with E-state index in [-0.39, 0.29) is 11.9 Å². The topological polar surface area (TPSA) is 29.5 Å². The molecule has 1 unspecified atom stereocenters. The minimum atomic E-state index is -0.0232. The Morgan fingerprint density at radius 1 is 1.47 bits per heavy atom. The second-order valence-electron chi connectivity index (χ2n) is 4.74. The number of carbonyl (C=O) groups is 1. The zero-order chi connectivity index (χ0) is 14.6. The number of hydrogen-bond donors (Lipinski definition) is 0. The molecule has 0 bridgehead atoms. The van der Waals surface area contributed by atoms with Gasteiger partial charge in [-0.2, -0.15) is 0 Å². The molecule has 0 heterocycles. The monoisotopic (exact) mass is 283 g/mol. The fourth-order valence-electron chi connectivity index (χ4n) is 2.40. The smallest absolute Gasteiger partial charge is 0.224 e. The Labute approximate surface area is 120 Å². The van der Waals surface area contributed by atoms with E-state index in [0.717, 1.165) is 23.2 Å². The van der Waals surface area contributed by atoms with Crippen LogP contribution in [0, 0.1) is 6.92 Å². The van der Waals surface area contributed by atoms with Gasteiger partial charge in [0, 0.05) is 19.1 Å². The minimum Gasteiger partial charge on any atom is -0.383 e. The third kappa shape index (κ3) is 3.48. The van der Waals surface area contributed by atoms with Crippen molar-refractivity contribution in [2.24, 2.45) is 0 Å². The number of methoxy groups -OCH3 is 1. The standard InChI is InChI=1S/C15H22ClNO2/c1-6-13-14(16)8-7-10(2)15(13)17(12(4)18)11(3)9-19-5/h7-8,11H,6,9H2,1-5H3. The van der Waals surface area contributed by atoms with Crippen molar-refractivity contribution in [1.82, 2.24) is 0 Å². The van der Waals surface area contributed by atoms with Crippen molar-refractivity contribution in [2.45, 2.75) is 40.2 Å². The van der Waals surface area contributed by atoms with Gasteiger partial charge in [0.05, 0.1) is 18.3 Å². The van der Waals surface area contributed by atoms with Gasteiger partial charge in [0.2, 0.25) is 5.91 Å². The molecule has 0 aliphatic carbocycles. The van der Waals surface area contributed by atoms with E-state index in [9.17, 15) is 4.79 Å². The average molecular weight is 284 g/mol. The van der Waals surface area contributed by atoms with Crippen LogP contribution < -0.4 is 4.90 Å². The van der Waals surface area contributed by atoms with Crippen LogP contribution in [0.3, 0.4) is 0 Å². The van der Waals surface area contributed by atoms with E-state index >= 15 is 0 Å². The van der Waals surface area contributed by atoms with Crippen molar-refractivity contribution in [1.29, 1.82) is 0 Å². The molecular formula is C15H22ClNO2. The molecule has 1 amide bonds. The third-order valence-electron chi connectivity index (χ3n) is 3.21. The van der Waals surface area contributed by atoms with E-state index in [1.54, 1.807) is 18.9 Å². The quantitative estimate of drug-likeness (QED) is 0.826. The van der Waals surface area contributed by atoms with E-state index in [1.165, 1.54) is 0 Å². The van der Waals surface area contributed by atoms with E-state index < -0.39 is 0 Å². The summed E-state index contributed by atoms with van der Waals surface area (Å²) in [5.41, 5.74) is 2.99. The third-order valence-corrected chi connectivity index (χ3v) is 3.56. The van der Waals surface area contributed by atoms with E-state index in [1.807, 2.05) is 32.9 Å². The van der Waals surface area contributed by atoms with Crippen LogP contribution in [0.5, 0.6) is 0 Å². The number of anilines is 1. The molecule has 1 aromatic carbocycles. The highest BCUT2D eigenvalue weighted by molar-refractivity contribution is 6.32. The number of ether oxygens (including phenoxy) is 1. The summed E-state index contributed by atoms with van der Waals surface area (Å²) in [7, 11) is 1.64. The average Bonchev–Trinajstić information content (AvgIpc) is 2.34. The maximum atomic E-state index is 12.0. The number of carbonyl (C=O) groups excluding carboxylic acids is 1. The lowest BCUT2D eigenvalue weighted by Gasteiger charge is -2.31. The molecule has 0 N–H and O–H groups in total. The maximum Gasteiger partial charge on any atom is 0.224 e. The summed E-state index contributed by atoms with van der Waals surface area (Å²) >= 11 is 6.26. The van der Waals surface area contributed by atoms with E-state index in [0.29, 0.717) is 11.6 Å². The van der Waals surface area contributed by atoms with E-state index in [4.69, 9.17) is 16.3 Å². The molecule has 0 aliphatic heterocycles. The van der Waals surface area contributed by atoms with Crippen LogP contribution >= 0.6 is 11.6 Å². The van der Waals surface area contributed by atoms with Gasteiger partial charge in [-0.15, -0.1) is 0 Å². The first-order chi connectivity index (χ1) is 8.93. The van der Waals surface area contributed by atoms with Crippen LogP contribution in [0.15, 0.2) is 12.1 Å². The number of halogens is 1. The molecule has 1 aromatic rings. The van der Waals surface area contributed by atoms with Crippen molar-refractivity contribution in [3.63, 3.8) is 0 Å². The van der Waals surface area contributed by atoms with Crippen LogP contribution in [0.25, 0.3) is 0 Å². The molecule has 1 atom stereocenters. The number of rotatable bonds is 5. The minimum absolute atomic E-state index is 0.00427. The first kappa shape index (κ1) is 16.0. The molecule has 3 nitrogen and oxygen atoms in total. The van der Waals surface area contributed by atoms with Gasteiger partial charge >= 0.3 is 0 Å². The van der Waals surface area contributed by atoms with Crippen LogP contribution in [0.1, 0.15) is 31.9 Å². The summed E-state index contributed by atoms with van der Waals surface area (Å²) in [6.45, 7) is 8.09. The molecule has 0 fully saturated rings. The van der Waals surface area contributed by atoms with Gasteiger partial charge in [0.25, 0.3) is 0 Å². The molecule has 0 saturated carbocycles. The first-order valence-corrected chi connectivity index (χ1v) is 6.88.